The average Bonchev–Trinajstić information content (AvgIpc) is 3.14. The zero-order valence-electron chi connectivity index (χ0n) is 22.5. The zero-order valence-corrected chi connectivity index (χ0v) is 22.5. The van der Waals surface area contributed by atoms with E-state index in [2.05, 4.69) is 5.10 Å². The molecule has 1 fully saturated rings. The lowest BCUT2D eigenvalue weighted by Gasteiger charge is -2.32. The molecule has 2 rings (SSSR count). The summed E-state index contributed by atoms with van der Waals surface area (Å²) >= 11 is 0. The lowest BCUT2D eigenvalue weighted by Crippen LogP contribution is -2.41. The molecule has 1 aliphatic heterocycles. The predicted molar refractivity (Wildman–Crippen MR) is 128 cm³/mol. The highest BCUT2D eigenvalue weighted by Gasteiger charge is 2.53. The number of ether oxygens (including phenoxy) is 3. The van der Waals surface area contributed by atoms with Gasteiger partial charge in [-0.25, -0.2) is 9.59 Å². The summed E-state index contributed by atoms with van der Waals surface area (Å²) in [5.41, 5.74) is -1.27. The van der Waals surface area contributed by atoms with E-state index in [1.807, 2.05) is 48.5 Å². The highest BCUT2D eigenvalue weighted by molar-refractivity contribution is 6.62. The molecule has 0 spiro atoms. The quantitative estimate of drug-likeness (QED) is 0.451. The van der Waals surface area contributed by atoms with Crippen LogP contribution in [0.5, 0.6) is 0 Å². The maximum Gasteiger partial charge on any atom is 0.498 e. The Morgan fingerprint density at radius 2 is 1.56 bits per heavy atom. The van der Waals surface area contributed by atoms with E-state index in [4.69, 9.17) is 23.5 Å². The maximum absolute atomic E-state index is 12.6. The molecule has 0 atom stereocenters. The molecule has 1 saturated heterocycles. The molecule has 1 aromatic rings. The standard InChI is InChI=1S/C23H40BN3O7/c1-20(2,3)31-18(28)26(11)12-13-30-15-17-16(24-33-22(7,8)23(9,10)34-24)14-27(25-17)19(29)32-21(4,5)6/h14H,12-13,15H2,1-11H3. The molecule has 11 heteroatoms. The summed E-state index contributed by atoms with van der Waals surface area (Å²) in [6, 6.07) is 0. The van der Waals surface area contributed by atoms with Gasteiger partial charge in [-0.1, -0.05) is 0 Å². The number of hydrogen-bond acceptors (Lipinski definition) is 8. The Morgan fingerprint density at radius 3 is 2.06 bits per heavy atom. The van der Waals surface area contributed by atoms with Gasteiger partial charge in [-0.3, -0.25) is 0 Å². The van der Waals surface area contributed by atoms with E-state index in [0.717, 1.165) is 4.68 Å². The molecule has 192 valence electrons. The van der Waals surface area contributed by atoms with Gasteiger partial charge in [0.1, 0.15) is 11.2 Å². The number of amides is 1. The van der Waals surface area contributed by atoms with Crippen LogP contribution >= 0.6 is 0 Å². The molecule has 10 nitrogen and oxygen atoms in total. The minimum absolute atomic E-state index is 0.0946. The molecule has 0 saturated carbocycles. The fourth-order valence-electron chi connectivity index (χ4n) is 2.91. The molecule has 0 bridgehead atoms. The first-order valence-corrected chi connectivity index (χ1v) is 11.5. The van der Waals surface area contributed by atoms with Crippen LogP contribution < -0.4 is 5.46 Å². The van der Waals surface area contributed by atoms with E-state index >= 15 is 0 Å². The van der Waals surface area contributed by atoms with E-state index in [0.29, 0.717) is 17.7 Å². The Morgan fingerprint density at radius 1 is 1.03 bits per heavy atom. The lowest BCUT2D eigenvalue weighted by molar-refractivity contribution is 0.00578. The van der Waals surface area contributed by atoms with Gasteiger partial charge in [0.15, 0.2) is 0 Å². The van der Waals surface area contributed by atoms with Crippen molar-refractivity contribution < 1.29 is 33.1 Å². The van der Waals surface area contributed by atoms with Crippen LogP contribution in [-0.4, -0.2) is 76.6 Å². The van der Waals surface area contributed by atoms with Crippen LogP contribution in [0.3, 0.4) is 0 Å². The third-order valence-electron chi connectivity index (χ3n) is 5.43. The van der Waals surface area contributed by atoms with Crippen molar-refractivity contribution in [2.45, 2.75) is 98.2 Å². The monoisotopic (exact) mass is 481 g/mol. The SMILES string of the molecule is CN(CCOCc1nn(C(=O)OC(C)(C)C)cc1B1OC(C)(C)C(C)(C)O1)C(=O)OC(C)(C)C. The van der Waals surface area contributed by atoms with Gasteiger partial charge >= 0.3 is 19.3 Å². The van der Waals surface area contributed by atoms with Crippen LogP contribution in [0.25, 0.3) is 0 Å². The van der Waals surface area contributed by atoms with Crippen molar-refractivity contribution in [2.75, 3.05) is 20.2 Å². The normalized spacial score (nSPS) is 17.6. The van der Waals surface area contributed by atoms with Gasteiger partial charge in [0.05, 0.1) is 30.1 Å². The van der Waals surface area contributed by atoms with Crippen LogP contribution in [0.4, 0.5) is 9.59 Å². The molecule has 34 heavy (non-hydrogen) atoms. The molecule has 1 aliphatic rings. The Hall–Kier alpha value is -2.11. The highest BCUT2D eigenvalue weighted by Crippen LogP contribution is 2.36. The third kappa shape index (κ3) is 7.45. The number of carbonyl (C=O) groups is 2. The first kappa shape index (κ1) is 28.1. The third-order valence-corrected chi connectivity index (χ3v) is 5.43. The number of nitrogens with zero attached hydrogens (tertiary/aromatic N) is 3. The van der Waals surface area contributed by atoms with Crippen molar-refractivity contribution in [3.8, 4) is 0 Å². The second kappa shape index (κ2) is 9.87. The zero-order chi connectivity index (χ0) is 26.1. The first-order valence-electron chi connectivity index (χ1n) is 11.5. The van der Waals surface area contributed by atoms with Crippen molar-refractivity contribution >= 4 is 24.8 Å². The Balaban J connectivity index is 2.12. The van der Waals surface area contributed by atoms with E-state index in [-0.39, 0.29) is 13.2 Å². The Labute approximate surface area is 203 Å². The number of carbonyl (C=O) groups excluding carboxylic acids is 2. The predicted octanol–water partition coefficient (Wildman–Crippen LogP) is 3.35. The lowest BCUT2D eigenvalue weighted by atomic mass is 9.79. The molecular formula is C23H40BN3O7. The number of hydrogen-bond donors (Lipinski definition) is 0. The van der Waals surface area contributed by atoms with Gasteiger partial charge in [-0.2, -0.15) is 9.78 Å². The topological polar surface area (TPSA) is 101 Å². The second-order valence-electron chi connectivity index (χ2n) is 11.5. The van der Waals surface area contributed by atoms with Crippen molar-refractivity contribution in [1.29, 1.82) is 0 Å². The summed E-state index contributed by atoms with van der Waals surface area (Å²) in [4.78, 5) is 26.2. The van der Waals surface area contributed by atoms with Crippen LogP contribution in [0.1, 0.15) is 74.9 Å². The molecule has 0 radical (unpaired) electrons. The summed E-state index contributed by atoms with van der Waals surface area (Å²) in [7, 11) is 0.925. The van der Waals surface area contributed by atoms with Crippen molar-refractivity contribution in [3.05, 3.63) is 11.9 Å². The van der Waals surface area contributed by atoms with Gasteiger partial charge in [-0.15, -0.1) is 0 Å². The van der Waals surface area contributed by atoms with E-state index < -0.39 is 41.7 Å². The molecule has 0 unspecified atom stereocenters. The number of rotatable bonds is 6. The summed E-state index contributed by atoms with van der Waals surface area (Å²) in [6.45, 7) is 19.3. The molecule has 1 aromatic heterocycles. The van der Waals surface area contributed by atoms with Crippen LogP contribution in [-0.2, 0) is 30.1 Å². The Kier molecular flexibility index (Phi) is 8.17. The number of aromatic nitrogens is 2. The largest absolute Gasteiger partial charge is 0.498 e. The smallest absolute Gasteiger partial charge is 0.444 e. The van der Waals surface area contributed by atoms with Crippen molar-refractivity contribution in [2.24, 2.45) is 0 Å². The summed E-state index contributed by atoms with van der Waals surface area (Å²) < 4.78 is 30.0. The van der Waals surface area contributed by atoms with Crippen molar-refractivity contribution in [3.63, 3.8) is 0 Å². The van der Waals surface area contributed by atoms with E-state index in [1.165, 1.54) is 4.90 Å². The van der Waals surface area contributed by atoms with Gasteiger partial charge in [-0.05, 0) is 69.2 Å². The number of likely N-dealkylation sites (N-methyl/N-ethyl adjacent to an activating group) is 1. The van der Waals surface area contributed by atoms with Gasteiger partial charge in [0, 0.05) is 25.3 Å². The minimum Gasteiger partial charge on any atom is -0.444 e. The summed E-state index contributed by atoms with van der Waals surface area (Å²) in [6.07, 6.45) is 0.520. The fourth-order valence-corrected chi connectivity index (χ4v) is 2.91. The maximum atomic E-state index is 12.6. The second-order valence-corrected chi connectivity index (χ2v) is 11.5. The minimum atomic E-state index is -0.718. The highest BCUT2D eigenvalue weighted by atomic mass is 16.7. The Bertz CT molecular complexity index is 868. The molecular weight excluding hydrogens is 441 g/mol. The van der Waals surface area contributed by atoms with Crippen LogP contribution in [0.2, 0.25) is 0 Å². The molecule has 0 aliphatic carbocycles. The molecule has 0 aromatic carbocycles. The van der Waals surface area contributed by atoms with E-state index in [9.17, 15) is 9.59 Å². The van der Waals surface area contributed by atoms with Gasteiger partial charge < -0.3 is 28.4 Å². The summed E-state index contributed by atoms with van der Waals surface area (Å²) in [5.74, 6) is 0. The van der Waals surface area contributed by atoms with Gasteiger partial charge in [0.2, 0.25) is 0 Å². The van der Waals surface area contributed by atoms with E-state index in [1.54, 1.807) is 34.0 Å². The molecule has 0 N–H and O–H groups in total. The van der Waals surface area contributed by atoms with Crippen molar-refractivity contribution in [1.82, 2.24) is 14.7 Å². The van der Waals surface area contributed by atoms with Crippen LogP contribution in [0, 0.1) is 0 Å². The first-order chi connectivity index (χ1) is 15.3. The molecule has 1 amide bonds. The summed E-state index contributed by atoms with van der Waals surface area (Å²) in [5, 5.41) is 4.39. The van der Waals surface area contributed by atoms with Crippen LogP contribution in [0.15, 0.2) is 6.20 Å². The van der Waals surface area contributed by atoms with Gasteiger partial charge in [0.25, 0.3) is 0 Å². The molecule has 2 heterocycles. The fraction of sp³-hybridized carbons (Fsp3) is 0.783. The average molecular weight is 481 g/mol.